The van der Waals surface area contributed by atoms with Gasteiger partial charge in [0.25, 0.3) is 0 Å². The van der Waals surface area contributed by atoms with Crippen LogP contribution in [0.4, 0.5) is 8.78 Å². The molecule has 5 rings (SSSR count). The predicted molar refractivity (Wildman–Crippen MR) is 123 cm³/mol. The van der Waals surface area contributed by atoms with Gasteiger partial charge >= 0.3 is 0 Å². The van der Waals surface area contributed by atoms with E-state index in [0.29, 0.717) is 28.5 Å². The summed E-state index contributed by atoms with van der Waals surface area (Å²) in [6.07, 6.45) is 9.99. The highest BCUT2D eigenvalue weighted by Gasteiger charge is 2.29. The SMILES string of the molecule is CCCOc1ccc2c(sc3c(F)c(OCC4CCC(CC5CC5)CC4)ccc32)c1F. The number of thiophene rings is 1. The maximum Gasteiger partial charge on any atom is 0.182 e. The molecule has 166 valence electrons. The van der Waals surface area contributed by atoms with Gasteiger partial charge in [0.2, 0.25) is 0 Å². The Morgan fingerprint density at radius 1 is 0.774 bits per heavy atom. The highest BCUT2D eigenvalue weighted by Crippen LogP contribution is 2.43. The maximum atomic E-state index is 15.2. The molecule has 0 aliphatic heterocycles. The summed E-state index contributed by atoms with van der Waals surface area (Å²) in [5.74, 6) is 2.12. The van der Waals surface area contributed by atoms with E-state index >= 15 is 4.39 Å². The molecule has 31 heavy (non-hydrogen) atoms. The molecule has 0 atom stereocenters. The minimum atomic E-state index is -0.406. The van der Waals surface area contributed by atoms with Crippen LogP contribution in [0.25, 0.3) is 20.2 Å². The first-order valence-corrected chi connectivity index (χ1v) is 12.5. The molecule has 2 aromatic carbocycles. The van der Waals surface area contributed by atoms with Gasteiger partial charge in [-0.25, -0.2) is 8.78 Å². The summed E-state index contributed by atoms with van der Waals surface area (Å²) < 4.78 is 42.5. The van der Waals surface area contributed by atoms with E-state index in [-0.39, 0.29) is 17.3 Å². The van der Waals surface area contributed by atoms with Crippen LogP contribution in [0.3, 0.4) is 0 Å². The van der Waals surface area contributed by atoms with E-state index in [1.807, 2.05) is 19.1 Å². The van der Waals surface area contributed by atoms with Gasteiger partial charge in [-0.2, -0.15) is 0 Å². The summed E-state index contributed by atoms with van der Waals surface area (Å²) >= 11 is 1.14. The van der Waals surface area contributed by atoms with Crippen LogP contribution < -0.4 is 9.47 Å². The van der Waals surface area contributed by atoms with Crippen molar-refractivity contribution in [2.45, 2.75) is 58.3 Å². The van der Waals surface area contributed by atoms with Crippen molar-refractivity contribution in [3.05, 3.63) is 35.9 Å². The Balaban J connectivity index is 1.30. The summed E-state index contributed by atoms with van der Waals surface area (Å²) in [7, 11) is 0. The van der Waals surface area contributed by atoms with Gasteiger partial charge in [0.1, 0.15) is 0 Å². The minimum Gasteiger partial charge on any atom is -0.490 e. The third-order valence-corrected chi connectivity index (χ3v) is 8.09. The fraction of sp³-hybridized carbons (Fsp3) is 0.538. The second kappa shape index (κ2) is 8.93. The van der Waals surface area contributed by atoms with Gasteiger partial charge < -0.3 is 9.47 Å². The number of hydrogen-bond donors (Lipinski definition) is 0. The van der Waals surface area contributed by atoms with Crippen LogP contribution in [0.15, 0.2) is 24.3 Å². The molecular weight excluding hydrogens is 414 g/mol. The summed E-state index contributed by atoms with van der Waals surface area (Å²) in [5, 5.41) is 1.45. The number of ether oxygens (including phenoxy) is 2. The van der Waals surface area contributed by atoms with E-state index < -0.39 is 5.82 Å². The fourth-order valence-electron chi connectivity index (χ4n) is 4.90. The molecule has 2 aliphatic rings. The zero-order valence-electron chi connectivity index (χ0n) is 18.1. The molecule has 1 aromatic heterocycles. The molecule has 0 bridgehead atoms. The third kappa shape index (κ3) is 4.39. The van der Waals surface area contributed by atoms with Crippen molar-refractivity contribution in [1.82, 2.24) is 0 Å². The van der Waals surface area contributed by atoms with Gasteiger partial charge in [-0.15, -0.1) is 11.3 Å². The zero-order valence-corrected chi connectivity index (χ0v) is 18.9. The Bertz CT molecular complexity index is 1060. The summed E-state index contributed by atoms with van der Waals surface area (Å²) in [5.41, 5.74) is 0. The first kappa shape index (κ1) is 21.0. The number of benzene rings is 2. The Kier molecular flexibility index (Phi) is 6.05. The van der Waals surface area contributed by atoms with Gasteiger partial charge in [-0.05, 0) is 67.7 Å². The van der Waals surface area contributed by atoms with Crippen LogP contribution in [0.5, 0.6) is 11.5 Å². The number of rotatable bonds is 8. The van der Waals surface area contributed by atoms with Crippen molar-refractivity contribution in [2.24, 2.45) is 17.8 Å². The van der Waals surface area contributed by atoms with Crippen LogP contribution in [-0.4, -0.2) is 13.2 Å². The van der Waals surface area contributed by atoms with Gasteiger partial charge in [0, 0.05) is 10.8 Å². The Hall–Kier alpha value is -1.88. The van der Waals surface area contributed by atoms with Crippen molar-refractivity contribution in [3.63, 3.8) is 0 Å². The number of halogens is 2. The molecule has 0 N–H and O–H groups in total. The smallest absolute Gasteiger partial charge is 0.182 e. The highest BCUT2D eigenvalue weighted by molar-refractivity contribution is 7.25. The third-order valence-electron chi connectivity index (χ3n) is 6.88. The van der Waals surface area contributed by atoms with E-state index in [9.17, 15) is 4.39 Å². The molecule has 2 fully saturated rings. The second-order valence-corrected chi connectivity index (χ2v) is 10.4. The van der Waals surface area contributed by atoms with Crippen molar-refractivity contribution >= 4 is 31.5 Å². The molecular formula is C26H30F2O2S. The van der Waals surface area contributed by atoms with Gasteiger partial charge in [-0.1, -0.05) is 32.6 Å². The van der Waals surface area contributed by atoms with Crippen LogP contribution in [0.2, 0.25) is 0 Å². The molecule has 0 unspecified atom stereocenters. The largest absolute Gasteiger partial charge is 0.490 e. The topological polar surface area (TPSA) is 18.5 Å². The first-order valence-electron chi connectivity index (χ1n) is 11.7. The molecule has 2 nitrogen and oxygen atoms in total. The van der Waals surface area contributed by atoms with Crippen LogP contribution in [-0.2, 0) is 0 Å². The Morgan fingerprint density at radius 2 is 1.29 bits per heavy atom. The van der Waals surface area contributed by atoms with Crippen molar-refractivity contribution in [1.29, 1.82) is 0 Å². The lowest BCUT2D eigenvalue weighted by Crippen LogP contribution is -2.20. The molecule has 2 saturated carbocycles. The summed E-state index contributed by atoms with van der Waals surface area (Å²) in [4.78, 5) is 0. The predicted octanol–water partition coefficient (Wildman–Crippen LogP) is 8.11. The van der Waals surface area contributed by atoms with E-state index in [1.54, 1.807) is 12.1 Å². The summed E-state index contributed by atoms with van der Waals surface area (Å²) in [6.45, 7) is 3.00. The average molecular weight is 445 g/mol. The first-order chi connectivity index (χ1) is 15.1. The van der Waals surface area contributed by atoms with E-state index in [4.69, 9.17) is 9.47 Å². The maximum absolute atomic E-state index is 15.2. The molecule has 3 aromatic rings. The lowest BCUT2D eigenvalue weighted by Gasteiger charge is -2.28. The van der Waals surface area contributed by atoms with Crippen molar-refractivity contribution in [3.8, 4) is 11.5 Å². The Labute approximate surface area is 186 Å². The number of hydrogen-bond acceptors (Lipinski definition) is 3. The minimum absolute atomic E-state index is 0.232. The normalized spacial score (nSPS) is 21.6. The average Bonchev–Trinajstić information content (AvgIpc) is 3.51. The standard InChI is InChI=1S/C26H30F2O2S/c1-2-13-29-21-11-9-19-20-10-12-22(24(28)26(20)31-25(19)23(21)27)30-15-18-7-5-17(6-8-18)14-16-3-4-16/h9-12,16-18H,2-8,13-15H2,1H3. The molecule has 0 spiro atoms. The van der Waals surface area contributed by atoms with Gasteiger partial charge in [0.05, 0.1) is 22.6 Å². The lowest BCUT2D eigenvalue weighted by atomic mass is 9.80. The zero-order chi connectivity index (χ0) is 21.4. The molecule has 0 radical (unpaired) electrons. The molecule has 0 amide bonds. The quantitative estimate of drug-likeness (QED) is 0.349. The lowest BCUT2D eigenvalue weighted by molar-refractivity contribution is 0.173. The van der Waals surface area contributed by atoms with Crippen LogP contribution in [0.1, 0.15) is 58.3 Å². The van der Waals surface area contributed by atoms with Crippen molar-refractivity contribution in [2.75, 3.05) is 13.2 Å². The van der Waals surface area contributed by atoms with Gasteiger partial charge in [-0.3, -0.25) is 0 Å². The second-order valence-electron chi connectivity index (χ2n) is 9.34. The van der Waals surface area contributed by atoms with Gasteiger partial charge in [0.15, 0.2) is 23.1 Å². The Morgan fingerprint density at radius 3 is 1.84 bits per heavy atom. The van der Waals surface area contributed by atoms with E-state index in [0.717, 1.165) is 40.4 Å². The molecule has 1 heterocycles. The molecule has 2 aliphatic carbocycles. The van der Waals surface area contributed by atoms with Crippen LogP contribution >= 0.6 is 11.3 Å². The van der Waals surface area contributed by atoms with Crippen molar-refractivity contribution < 1.29 is 18.3 Å². The van der Waals surface area contributed by atoms with E-state index in [2.05, 4.69) is 0 Å². The van der Waals surface area contributed by atoms with Crippen LogP contribution in [0, 0.1) is 29.4 Å². The molecule has 0 saturated heterocycles. The van der Waals surface area contributed by atoms with E-state index in [1.165, 1.54) is 44.9 Å². The summed E-state index contributed by atoms with van der Waals surface area (Å²) in [6, 6.07) is 7.01. The fourth-order valence-corrected chi connectivity index (χ4v) is 6.06. The highest BCUT2D eigenvalue weighted by atomic mass is 32.1. The number of fused-ring (bicyclic) bond motifs is 3. The molecule has 5 heteroatoms. The monoisotopic (exact) mass is 444 g/mol.